The topological polar surface area (TPSA) is 112 Å². The van der Waals surface area contributed by atoms with Gasteiger partial charge in [-0.25, -0.2) is 4.68 Å². The van der Waals surface area contributed by atoms with Crippen molar-refractivity contribution in [2.24, 2.45) is 0 Å². The van der Waals surface area contributed by atoms with E-state index in [1.165, 1.54) is 11.0 Å². The summed E-state index contributed by atoms with van der Waals surface area (Å²) in [5, 5.41) is 17.3. The zero-order valence-electron chi connectivity index (χ0n) is 12.3. The van der Waals surface area contributed by atoms with Gasteiger partial charge in [-0.05, 0) is 16.0 Å². The maximum absolute atomic E-state index is 11.7. The van der Waals surface area contributed by atoms with Crippen molar-refractivity contribution in [1.82, 2.24) is 35.7 Å². The maximum atomic E-state index is 11.7. The summed E-state index contributed by atoms with van der Waals surface area (Å²) in [6.45, 7) is 0.623. The number of carbonyl (C=O) groups is 1. The number of carbonyl (C=O) groups excluding carboxylic acids is 1. The minimum Gasteiger partial charge on any atom is -0.347 e. The van der Waals surface area contributed by atoms with Crippen molar-refractivity contribution in [3.8, 4) is 0 Å². The van der Waals surface area contributed by atoms with Gasteiger partial charge < -0.3 is 9.84 Å². The Kier molecular flexibility index (Phi) is 4.67. The van der Waals surface area contributed by atoms with E-state index in [1.807, 2.05) is 30.3 Å². The molecule has 0 spiro atoms. The molecule has 0 unspecified atom stereocenters. The summed E-state index contributed by atoms with van der Waals surface area (Å²) >= 11 is 0. The summed E-state index contributed by atoms with van der Waals surface area (Å²) < 4.78 is 6.61. The Bertz CT molecular complexity index is 740. The molecule has 1 aromatic carbocycles. The second kappa shape index (κ2) is 7.25. The van der Waals surface area contributed by atoms with Crippen LogP contribution >= 0.6 is 0 Å². The highest BCUT2D eigenvalue weighted by molar-refractivity contribution is 5.75. The zero-order valence-corrected chi connectivity index (χ0v) is 12.3. The van der Waals surface area contributed by atoms with Crippen molar-refractivity contribution in [1.29, 1.82) is 0 Å². The van der Waals surface area contributed by atoms with Gasteiger partial charge in [0.2, 0.25) is 11.8 Å². The predicted molar refractivity (Wildman–Crippen MR) is 77.8 cm³/mol. The van der Waals surface area contributed by atoms with Crippen molar-refractivity contribution in [3.05, 3.63) is 53.9 Å². The van der Waals surface area contributed by atoms with E-state index in [1.54, 1.807) is 0 Å². The van der Waals surface area contributed by atoms with Crippen LogP contribution < -0.4 is 5.32 Å². The fourth-order valence-electron chi connectivity index (χ4n) is 1.97. The highest BCUT2D eigenvalue weighted by atomic mass is 16.5. The lowest BCUT2D eigenvalue weighted by Crippen LogP contribution is -2.24. The van der Waals surface area contributed by atoms with Crippen molar-refractivity contribution < 1.29 is 9.32 Å². The van der Waals surface area contributed by atoms with E-state index in [2.05, 4.69) is 31.0 Å². The standard InChI is InChI=1S/C14H15N7O2/c22-13(6-7-21-10-16-19-20-21)15-9-14-17-12(18-23-14)8-11-4-2-1-3-5-11/h1-5,10H,6-9H2,(H,15,22). The molecule has 2 heterocycles. The van der Waals surface area contributed by atoms with E-state index in [0.29, 0.717) is 24.7 Å². The molecule has 0 saturated carbocycles. The fraction of sp³-hybridized carbons (Fsp3) is 0.286. The minimum absolute atomic E-state index is 0.136. The molecular weight excluding hydrogens is 298 g/mol. The van der Waals surface area contributed by atoms with E-state index in [0.717, 1.165) is 5.56 Å². The van der Waals surface area contributed by atoms with Crippen LogP contribution in [-0.4, -0.2) is 36.3 Å². The number of aryl methyl sites for hydroxylation is 1. The number of hydrogen-bond donors (Lipinski definition) is 1. The van der Waals surface area contributed by atoms with Gasteiger partial charge in [-0.2, -0.15) is 4.98 Å². The quantitative estimate of drug-likeness (QED) is 0.670. The van der Waals surface area contributed by atoms with Crippen LogP contribution in [0.1, 0.15) is 23.7 Å². The summed E-state index contributed by atoms with van der Waals surface area (Å²) in [7, 11) is 0. The summed E-state index contributed by atoms with van der Waals surface area (Å²) in [6, 6.07) is 9.87. The Labute approximate surface area is 131 Å². The normalized spacial score (nSPS) is 10.6. The smallest absolute Gasteiger partial charge is 0.246 e. The van der Waals surface area contributed by atoms with Gasteiger partial charge in [0.15, 0.2) is 5.82 Å². The highest BCUT2D eigenvalue weighted by Gasteiger charge is 2.09. The molecule has 0 saturated heterocycles. The van der Waals surface area contributed by atoms with Crippen LogP contribution in [0.3, 0.4) is 0 Å². The number of benzene rings is 1. The average molecular weight is 313 g/mol. The van der Waals surface area contributed by atoms with E-state index in [-0.39, 0.29) is 18.9 Å². The number of tetrazole rings is 1. The van der Waals surface area contributed by atoms with E-state index in [4.69, 9.17) is 4.52 Å². The van der Waals surface area contributed by atoms with E-state index >= 15 is 0 Å². The minimum atomic E-state index is -0.136. The SMILES string of the molecule is O=C(CCn1cnnn1)NCc1nc(Cc2ccccc2)no1. The molecule has 23 heavy (non-hydrogen) atoms. The first-order valence-electron chi connectivity index (χ1n) is 7.12. The van der Waals surface area contributed by atoms with Gasteiger partial charge in [-0.1, -0.05) is 35.5 Å². The Morgan fingerprint density at radius 2 is 2.13 bits per heavy atom. The van der Waals surface area contributed by atoms with Crippen molar-refractivity contribution in [2.45, 2.75) is 25.9 Å². The molecule has 0 atom stereocenters. The molecule has 0 aliphatic rings. The number of nitrogens with one attached hydrogen (secondary N) is 1. The first kappa shape index (κ1) is 14.8. The number of nitrogens with zero attached hydrogens (tertiary/aromatic N) is 6. The average Bonchev–Trinajstić information content (AvgIpc) is 3.24. The molecule has 9 nitrogen and oxygen atoms in total. The predicted octanol–water partition coefficient (Wildman–Crippen LogP) is 0.353. The van der Waals surface area contributed by atoms with Gasteiger partial charge in [-0.15, -0.1) is 5.10 Å². The summed E-state index contributed by atoms with van der Waals surface area (Å²) in [5.74, 6) is 0.837. The van der Waals surface area contributed by atoms with Crippen LogP contribution in [0.2, 0.25) is 0 Å². The molecule has 1 amide bonds. The summed E-state index contributed by atoms with van der Waals surface area (Å²) in [5.41, 5.74) is 1.10. The number of rotatable bonds is 7. The third kappa shape index (κ3) is 4.43. The summed E-state index contributed by atoms with van der Waals surface area (Å²) in [4.78, 5) is 16.0. The van der Waals surface area contributed by atoms with Crippen LogP contribution in [0.4, 0.5) is 0 Å². The first-order chi connectivity index (χ1) is 11.3. The van der Waals surface area contributed by atoms with Gasteiger partial charge in [-0.3, -0.25) is 4.79 Å². The number of aromatic nitrogens is 6. The number of hydrogen-bond acceptors (Lipinski definition) is 7. The van der Waals surface area contributed by atoms with Crippen molar-refractivity contribution >= 4 is 5.91 Å². The van der Waals surface area contributed by atoms with Crippen LogP contribution in [-0.2, 0) is 24.3 Å². The highest BCUT2D eigenvalue weighted by Crippen LogP contribution is 2.06. The molecule has 118 valence electrons. The maximum Gasteiger partial charge on any atom is 0.246 e. The van der Waals surface area contributed by atoms with E-state index < -0.39 is 0 Å². The molecule has 3 rings (SSSR count). The van der Waals surface area contributed by atoms with E-state index in [9.17, 15) is 4.79 Å². The second-order valence-corrected chi connectivity index (χ2v) is 4.87. The molecular formula is C14H15N7O2. The van der Waals surface area contributed by atoms with Crippen LogP contribution in [0.25, 0.3) is 0 Å². The van der Waals surface area contributed by atoms with Gasteiger partial charge in [0.1, 0.15) is 6.33 Å². The molecule has 2 aromatic heterocycles. The van der Waals surface area contributed by atoms with Crippen molar-refractivity contribution in [2.75, 3.05) is 0 Å². The zero-order chi connectivity index (χ0) is 15.9. The third-order valence-electron chi connectivity index (χ3n) is 3.11. The van der Waals surface area contributed by atoms with Gasteiger partial charge in [0, 0.05) is 12.8 Å². The molecule has 9 heteroatoms. The molecule has 0 bridgehead atoms. The van der Waals surface area contributed by atoms with Gasteiger partial charge in [0.25, 0.3) is 0 Å². The van der Waals surface area contributed by atoms with Crippen molar-refractivity contribution in [3.63, 3.8) is 0 Å². The Balaban J connectivity index is 1.44. The van der Waals surface area contributed by atoms with Crippen LogP contribution in [0.15, 0.2) is 41.2 Å². The molecule has 0 aliphatic heterocycles. The lowest BCUT2D eigenvalue weighted by molar-refractivity contribution is -0.121. The van der Waals surface area contributed by atoms with Crippen LogP contribution in [0, 0.1) is 0 Å². The summed E-state index contributed by atoms with van der Waals surface area (Å²) in [6.07, 6.45) is 2.33. The first-order valence-corrected chi connectivity index (χ1v) is 7.12. The fourth-order valence-corrected chi connectivity index (χ4v) is 1.97. The van der Waals surface area contributed by atoms with Gasteiger partial charge in [0.05, 0.1) is 13.1 Å². The second-order valence-electron chi connectivity index (χ2n) is 4.87. The Morgan fingerprint density at radius 1 is 1.26 bits per heavy atom. The molecule has 0 fully saturated rings. The lowest BCUT2D eigenvalue weighted by atomic mass is 10.1. The Hall–Kier alpha value is -3.10. The molecule has 0 aliphatic carbocycles. The molecule has 0 radical (unpaired) electrons. The lowest BCUT2D eigenvalue weighted by Gasteiger charge is -2.01. The Morgan fingerprint density at radius 3 is 2.91 bits per heavy atom. The molecule has 3 aromatic rings. The monoisotopic (exact) mass is 313 g/mol. The van der Waals surface area contributed by atoms with Crippen LogP contribution in [0.5, 0.6) is 0 Å². The largest absolute Gasteiger partial charge is 0.347 e. The third-order valence-corrected chi connectivity index (χ3v) is 3.11. The number of amides is 1. The molecule has 1 N–H and O–H groups in total. The van der Waals surface area contributed by atoms with Gasteiger partial charge >= 0.3 is 0 Å².